The fraction of sp³-hybridized carbons (Fsp3) is 0. The predicted octanol–water partition coefficient (Wildman–Crippen LogP) is 3.29. The number of benzene rings is 2. The van der Waals surface area contributed by atoms with Crippen molar-refractivity contribution in [3.63, 3.8) is 0 Å². The molecule has 2 nitrogen and oxygen atoms in total. The van der Waals surface area contributed by atoms with Crippen LogP contribution in [0.3, 0.4) is 0 Å². The molecule has 3 aromatic rings. The maximum atomic E-state index is 12.3. The minimum absolute atomic E-state index is 0.106. The van der Waals surface area contributed by atoms with E-state index >= 15 is 0 Å². The molecule has 0 aliphatic heterocycles. The van der Waals surface area contributed by atoms with Crippen molar-refractivity contribution < 1.29 is 0 Å². The second-order valence-electron chi connectivity index (χ2n) is 3.66. The number of aromatic amines is 1. The second-order valence-corrected chi connectivity index (χ2v) is 4.82. The number of H-pyrrole nitrogens is 1. The quantitative estimate of drug-likeness (QED) is 0.500. The van der Waals surface area contributed by atoms with Gasteiger partial charge in [-0.1, -0.05) is 18.2 Å². The number of fused-ring (bicyclic) bond motifs is 2. The molecule has 1 aromatic heterocycles. The average Bonchev–Trinajstić information content (AvgIpc) is 2.29. The van der Waals surface area contributed by atoms with Crippen molar-refractivity contribution in [3.8, 4) is 0 Å². The summed E-state index contributed by atoms with van der Waals surface area (Å²) in [5, 5.41) is 1.53. The Balaban J connectivity index is 2.67. The van der Waals surface area contributed by atoms with Crippen LogP contribution in [0, 0.1) is 3.57 Å². The van der Waals surface area contributed by atoms with Gasteiger partial charge >= 0.3 is 0 Å². The van der Waals surface area contributed by atoms with Crippen LogP contribution in [0.25, 0.3) is 21.8 Å². The summed E-state index contributed by atoms with van der Waals surface area (Å²) < 4.78 is 0.988. The van der Waals surface area contributed by atoms with Gasteiger partial charge in [0.15, 0.2) is 5.43 Å². The number of nitrogens with one attached hydrogen (secondary N) is 1. The smallest absolute Gasteiger partial charge is 0.198 e. The fourth-order valence-corrected chi connectivity index (χ4v) is 2.67. The Morgan fingerprint density at radius 2 is 1.69 bits per heavy atom. The molecule has 3 rings (SSSR count). The Morgan fingerprint density at radius 3 is 2.56 bits per heavy atom. The number of rotatable bonds is 0. The third-order valence-corrected chi connectivity index (χ3v) is 3.58. The Kier molecular flexibility index (Phi) is 2.21. The van der Waals surface area contributed by atoms with Gasteiger partial charge in [0.05, 0.1) is 10.9 Å². The first kappa shape index (κ1) is 9.84. The van der Waals surface area contributed by atoms with E-state index in [-0.39, 0.29) is 5.43 Å². The molecule has 0 aliphatic rings. The van der Waals surface area contributed by atoms with Gasteiger partial charge < -0.3 is 4.98 Å². The molecule has 0 saturated carbocycles. The topological polar surface area (TPSA) is 32.9 Å². The molecule has 0 atom stereocenters. The van der Waals surface area contributed by atoms with Crippen LogP contribution in [-0.4, -0.2) is 4.98 Å². The van der Waals surface area contributed by atoms with Gasteiger partial charge in [-0.2, -0.15) is 0 Å². The molecule has 3 heteroatoms. The summed E-state index contributed by atoms with van der Waals surface area (Å²) in [7, 11) is 0. The van der Waals surface area contributed by atoms with Gasteiger partial charge in [0.25, 0.3) is 0 Å². The Bertz CT molecular complexity index is 746. The number of hydrogen-bond acceptors (Lipinski definition) is 1. The number of para-hydroxylation sites is 1. The van der Waals surface area contributed by atoms with Crippen molar-refractivity contribution in [2.45, 2.75) is 0 Å². The van der Waals surface area contributed by atoms with Gasteiger partial charge in [0, 0.05) is 14.5 Å². The number of aromatic nitrogens is 1. The Morgan fingerprint density at radius 1 is 0.938 bits per heavy atom. The lowest BCUT2D eigenvalue weighted by molar-refractivity contribution is 1.47. The summed E-state index contributed by atoms with van der Waals surface area (Å²) >= 11 is 2.20. The van der Waals surface area contributed by atoms with Crippen LogP contribution >= 0.6 is 22.6 Å². The van der Waals surface area contributed by atoms with E-state index in [1.165, 1.54) is 0 Å². The van der Waals surface area contributed by atoms with Gasteiger partial charge in [-0.15, -0.1) is 0 Å². The second kappa shape index (κ2) is 3.59. The molecule has 16 heavy (non-hydrogen) atoms. The number of halogens is 1. The fourth-order valence-electron chi connectivity index (χ4n) is 1.93. The third kappa shape index (κ3) is 1.35. The number of hydrogen-bond donors (Lipinski definition) is 1. The molecule has 0 aliphatic carbocycles. The molecule has 1 heterocycles. The van der Waals surface area contributed by atoms with Gasteiger partial charge in [-0.25, -0.2) is 0 Å². The molecule has 0 fully saturated rings. The van der Waals surface area contributed by atoms with E-state index in [2.05, 4.69) is 27.6 Å². The van der Waals surface area contributed by atoms with E-state index < -0.39 is 0 Å². The first-order chi connectivity index (χ1) is 7.77. The molecule has 2 aromatic carbocycles. The van der Waals surface area contributed by atoms with Crippen molar-refractivity contribution in [1.82, 2.24) is 4.98 Å². The van der Waals surface area contributed by atoms with Gasteiger partial charge in [-0.3, -0.25) is 4.79 Å². The largest absolute Gasteiger partial charge is 0.354 e. The van der Waals surface area contributed by atoms with Gasteiger partial charge in [0.2, 0.25) is 0 Å². The highest BCUT2D eigenvalue weighted by Crippen LogP contribution is 2.18. The summed E-state index contributed by atoms with van der Waals surface area (Å²) in [6.45, 7) is 0. The first-order valence-electron chi connectivity index (χ1n) is 4.96. The number of pyridine rings is 1. The zero-order chi connectivity index (χ0) is 11.1. The van der Waals surface area contributed by atoms with E-state index in [0.29, 0.717) is 0 Å². The lowest BCUT2D eigenvalue weighted by atomic mass is 10.1. The van der Waals surface area contributed by atoms with Crippen molar-refractivity contribution in [3.05, 3.63) is 56.3 Å². The van der Waals surface area contributed by atoms with Crippen molar-refractivity contribution in [2.75, 3.05) is 0 Å². The summed E-state index contributed by atoms with van der Waals surface area (Å²) in [4.78, 5) is 15.6. The minimum Gasteiger partial charge on any atom is -0.354 e. The summed E-state index contributed by atoms with van der Waals surface area (Å²) in [5.74, 6) is 0. The monoisotopic (exact) mass is 321 g/mol. The molecule has 78 valence electrons. The van der Waals surface area contributed by atoms with E-state index in [4.69, 9.17) is 0 Å². The third-order valence-electron chi connectivity index (χ3n) is 2.68. The van der Waals surface area contributed by atoms with Crippen LogP contribution in [-0.2, 0) is 0 Å². The molecule has 0 unspecified atom stereocenters. The first-order valence-corrected chi connectivity index (χ1v) is 6.04. The Labute approximate surface area is 105 Å². The standard InChI is InChI=1S/C13H8INO/c14-9-5-3-7-11-12(9)13(16)8-4-1-2-6-10(8)15-11/h1-7H,(H,15,16). The van der Waals surface area contributed by atoms with Crippen LogP contribution < -0.4 is 5.43 Å². The van der Waals surface area contributed by atoms with E-state index in [0.717, 1.165) is 25.4 Å². The SMILES string of the molecule is O=c1c2ccccc2[nH]c2cccc(I)c12. The van der Waals surface area contributed by atoms with Crippen LogP contribution in [0.4, 0.5) is 0 Å². The predicted molar refractivity (Wildman–Crippen MR) is 74.8 cm³/mol. The van der Waals surface area contributed by atoms with Crippen molar-refractivity contribution >= 4 is 44.4 Å². The van der Waals surface area contributed by atoms with Crippen LogP contribution in [0.1, 0.15) is 0 Å². The lowest BCUT2D eigenvalue weighted by Gasteiger charge is -2.03. The highest BCUT2D eigenvalue weighted by atomic mass is 127. The summed E-state index contributed by atoms with van der Waals surface area (Å²) in [6.07, 6.45) is 0. The molecule has 0 saturated heterocycles. The van der Waals surface area contributed by atoms with E-state index in [9.17, 15) is 4.79 Å². The lowest BCUT2D eigenvalue weighted by Crippen LogP contribution is -2.05. The van der Waals surface area contributed by atoms with Gasteiger partial charge in [0.1, 0.15) is 0 Å². The highest BCUT2D eigenvalue weighted by molar-refractivity contribution is 14.1. The normalized spacial score (nSPS) is 11.1. The molecule has 0 bridgehead atoms. The zero-order valence-corrected chi connectivity index (χ0v) is 10.5. The molecule has 0 radical (unpaired) electrons. The molecule has 0 spiro atoms. The molecular weight excluding hydrogens is 313 g/mol. The molecular formula is C13H8INO. The van der Waals surface area contributed by atoms with Crippen LogP contribution in [0.15, 0.2) is 47.3 Å². The summed E-state index contributed by atoms with van der Waals surface area (Å²) in [5.41, 5.74) is 1.90. The highest BCUT2D eigenvalue weighted by Gasteiger charge is 2.06. The Hall–Kier alpha value is -1.36. The maximum absolute atomic E-state index is 12.3. The molecule has 1 N–H and O–H groups in total. The van der Waals surface area contributed by atoms with Gasteiger partial charge in [-0.05, 0) is 46.9 Å². The maximum Gasteiger partial charge on any atom is 0.198 e. The zero-order valence-electron chi connectivity index (χ0n) is 8.33. The van der Waals surface area contributed by atoms with Crippen molar-refractivity contribution in [1.29, 1.82) is 0 Å². The minimum atomic E-state index is 0.106. The molecule has 0 amide bonds. The van der Waals surface area contributed by atoms with E-state index in [1.807, 2.05) is 42.5 Å². The van der Waals surface area contributed by atoms with Crippen molar-refractivity contribution in [2.24, 2.45) is 0 Å². The van der Waals surface area contributed by atoms with Crippen LogP contribution in [0.2, 0.25) is 0 Å². The average molecular weight is 321 g/mol. The van der Waals surface area contributed by atoms with E-state index in [1.54, 1.807) is 0 Å². The summed E-state index contributed by atoms with van der Waals surface area (Å²) in [6, 6.07) is 13.4. The van der Waals surface area contributed by atoms with Crippen LogP contribution in [0.5, 0.6) is 0 Å².